The van der Waals surface area contributed by atoms with Crippen molar-refractivity contribution < 1.29 is 27.4 Å². The average Bonchev–Trinajstić information content (AvgIpc) is 3.57. The molecule has 14 heteroatoms. The Morgan fingerprint density at radius 3 is 2.42 bits per heavy atom. The van der Waals surface area contributed by atoms with Crippen molar-refractivity contribution in [2.75, 3.05) is 29.7 Å². The van der Waals surface area contributed by atoms with Crippen LogP contribution in [0.1, 0.15) is 35.6 Å². The molecular weight excluding hydrogens is 601 g/mol. The number of aliphatic hydroxyl groups excluding tert-OH is 1. The monoisotopic (exact) mass is 629 g/mol. The number of alkyl halides is 2. The molecule has 1 N–H and O–H groups in total. The first-order valence-electron chi connectivity index (χ1n) is 12.6. The van der Waals surface area contributed by atoms with Gasteiger partial charge in [0.2, 0.25) is 5.88 Å². The normalized spacial score (nSPS) is 17.9. The molecule has 3 atom stereocenters. The molecule has 0 saturated heterocycles. The summed E-state index contributed by atoms with van der Waals surface area (Å²) in [6.07, 6.45) is 2.73. The molecule has 2 aromatic heterocycles. The van der Waals surface area contributed by atoms with Crippen LogP contribution in [0.5, 0.6) is 11.6 Å². The van der Waals surface area contributed by atoms with Gasteiger partial charge in [-0.3, -0.25) is 10.1 Å². The molecule has 1 aromatic carbocycles. The molecule has 1 aliphatic rings. The smallest absolute Gasteiger partial charge is 0.328 e. The summed E-state index contributed by atoms with van der Waals surface area (Å²) < 4.78 is 38.4. The highest BCUT2D eigenvalue weighted by Crippen LogP contribution is 2.38. The number of anilines is 1. The van der Waals surface area contributed by atoms with Gasteiger partial charge in [-0.05, 0) is 67.0 Å². The second kappa shape index (κ2) is 13.8. The number of aromatic nitrogens is 1. The quantitative estimate of drug-likeness (QED) is 0.109. The molecule has 0 bridgehead atoms. The van der Waals surface area contributed by atoms with Crippen LogP contribution in [0.4, 0.5) is 10.7 Å². The lowest BCUT2D eigenvalue weighted by molar-refractivity contribution is -0.380. The zero-order valence-corrected chi connectivity index (χ0v) is 24.5. The minimum absolute atomic E-state index is 0.0384. The van der Waals surface area contributed by atoms with Gasteiger partial charge in [-0.15, -0.1) is 23.2 Å². The van der Waals surface area contributed by atoms with Gasteiger partial charge in [0, 0.05) is 42.8 Å². The van der Waals surface area contributed by atoms with Gasteiger partial charge in [-0.25, -0.2) is 4.98 Å². The summed E-state index contributed by atoms with van der Waals surface area (Å²) >= 11 is 12.6. The third kappa shape index (κ3) is 7.55. The van der Waals surface area contributed by atoms with Crippen molar-refractivity contribution >= 4 is 55.3 Å². The number of ether oxygens (including phenoxy) is 1. The summed E-state index contributed by atoms with van der Waals surface area (Å²) in [7, 11) is -4.39. The van der Waals surface area contributed by atoms with E-state index in [1.165, 1.54) is 29.8 Å². The van der Waals surface area contributed by atoms with Crippen LogP contribution >= 0.6 is 34.5 Å². The number of nitro groups is 1. The van der Waals surface area contributed by atoms with E-state index in [1.807, 2.05) is 4.90 Å². The van der Waals surface area contributed by atoms with E-state index in [-0.39, 0.29) is 28.8 Å². The van der Waals surface area contributed by atoms with Gasteiger partial charge in [0.15, 0.2) is 0 Å². The number of rotatable bonds is 14. The topological polar surface area (TPSA) is 132 Å². The van der Waals surface area contributed by atoms with Crippen LogP contribution in [-0.2, 0) is 16.5 Å². The summed E-state index contributed by atoms with van der Waals surface area (Å²) in [6.45, 7) is 1.13. The highest BCUT2D eigenvalue weighted by atomic mass is 35.5. The van der Waals surface area contributed by atoms with E-state index in [1.54, 1.807) is 24.3 Å². The highest BCUT2D eigenvalue weighted by Gasteiger charge is 2.36. The van der Waals surface area contributed by atoms with Crippen molar-refractivity contribution in [3.8, 4) is 11.6 Å². The first-order valence-corrected chi connectivity index (χ1v) is 16.1. The zero-order chi connectivity index (χ0) is 28.7. The van der Waals surface area contributed by atoms with E-state index < -0.39 is 26.4 Å². The molecule has 0 radical (unpaired) electrons. The van der Waals surface area contributed by atoms with Gasteiger partial charge >= 0.3 is 15.1 Å². The molecule has 10 nitrogen and oxygen atoms in total. The summed E-state index contributed by atoms with van der Waals surface area (Å²) in [5, 5.41) is 21.5. The van der Waals surface area contributed by atoms with Crippen molar-refractivity contribution in [1.82, 2.24) is 4.98 Å². The summed E-state index contributed by atoms with van der Waals surface area (Å²) in [6, 6.07) is 11.1. The van der Waals surface area contributed by atoms with Gasteiger partial charge < -0.3 is 18.9 Å². The highest BCUT2D eigenvalue weighted by molar-refractivity contribution is 7.87. The number of aliphatic hydroxyl groups is 1. The molecule has 2 heterocycles. The van der Waals surface area contributed by atoms with Crippen LogP contribution in [0.2, 0.25) is 0 Å². The van der Waals surface area contributed by atoms with Crippen LogP contribution in [0.25, 0.3) is 0 Å². The molecular formula is C26H29Cl2N3O7S2. The number of nitrogens with zero attached hydrogens (tertiary/aromatic N) is 3. The Morgan fingerprint density at radius 2 is 1.85 bits per heavy atom. The van der Waals surface area contributed by atoms with Crippen molar-refractivity contribution in [2.24, 2.45) is 0 Å². The van der Waals surface area contributed by atoms with Gasteiger partial charge in [0.25, 0.3) is 0 Å². The van der Waals surface area contributed by atoms with E-state index in [0.717, 1.165) is 29.9 Å². The van der Waals surface area contributed by atoms with Crippen molar-refractivity contribution in [3.63, 3.8) is 0 Å². The maximum atomic E-state index is 13.6. The van der Waals surface area contributed by atoms with E-state index in [0.29, 0.717) is 42.7 Å². The molecule has 4 rings (SSSR count). The molecule has 0 aliphatic heterocycles. The first-order chi connectivity index (χ1) is 19.2. The molecule has 1 saturated carbocycles. The van der Waals surface area contributed by atoms with Gasteiger partial charge in [0.05, 0.1) is 16.6 Å². The number of hydrogen-bond acceptors (Lipinski definition) is 10. The lowest BCUT2D eigenvalue weighted by Crippen LogP contribution is -2.27. The predicted octanol–water partition coefficient (Wildman–Crippen LogP) is 5.32. The molecule has 1 unspecified atom stereocenters. The van der Waals surface area contributed by atoms with Crippen LogP contribution in [0.15, 0.2) is 54.0 Å². The lowest BCUT2D eigenvalue weighted by atomic mass is 10.1. The van der Waals surface area contributed by atoms with Crippen LogP contribution in [0, 0.1) is 10.1 Å². The lowest BCUT2D eigenvalue weighted by Gasteiger charge is -2.23. The van der Waals surface area contributed by atoms with Gasteiger partial charge in [0.1, 0.15) is 17.1 Å². The fraction of sp³-hybridized carbons (Fsp3) is 0.423. The fourth-order valence-electron chi connectivity index (χ4n) is 4.57. The minimum Gasteiger partial charge on any atom is -0.472 e. The molecule has 1 fully saturated rings. The summed E-state index contributed by atoms with van der Waals surface area (Å²) in [5.41, 5.74) is 1.36. The molecule has 0 amide bonds. The Morgan fingerprint density at radius 1 is 1.12 bits per heavy atom. The van der Waals surface area contributed by atoms with Gasteiger partial charge in [-0.1, -0.05) is 17.4 Å². The third-order valence-electron chi connectivity index (χ3n) is 6.57. The maximum absolute atomic E-state index is 13.6. The maximum Gasteiger partial charge on any atom is 0.328 e. The van der Waals surface area contributed by atoms with Crippen molar-refractivity contribution in [1.29, 1.82) is 0 Å². The predicted molar refractivity (Wildman–Crippen MR) is 156 cm³/mol. The zero-order valence-electron chi connectivity index (χ0n) is 21.4. The first kappa shape index (κ1) is 30.3. The molecule has 0 spiro atoms. The molecule has 40 heavy (non-hydrogen) atoms. The number of thiophene rings is 1. The SMILES string of the molecule is O=[N+]([O-])c1sccc1C(Cc1ccc(O[C@@H]2CCC[C@@H]2O)nc1)S(=O)(=O)Oc1ccc(N(CCCl)CCCl)cc1. The van der Waals surface area contributed by atoms with E-state index in [2.05, 4.69) is 4.98 Å². The molecule has 1 aliphatic carbocycles. The van der Waals surface area contributed by atoms with E-state index in [4.69, 9.17) is 32.1 Å². The molecule has 216 valence electrons. The summed E-state index contributed by atoms with van der Waals surface area (Å²) in [4.78, 5) is 17.3. The second-order valence-electron chi connectivity index (χ2n) is 9.23. The molecule has 3 aromatic rings. The van der Waals surface area contributed by atoms with Crippen LogP contribution in [-0.4, -0.2) is 60.5 Å². The third-order valence-corrected chi connectivity index (χ3v) is 9.33. The van der Waals surface area contributed by atoms with Gasteiger partial charge in [-0.2, -0.15) is 8.42 Å². The van der Waals surface area contributed by atoms with Crippen LogP contribution in [0.3, 0.4) is 0 Å². The van der Waals surface area contributed by atoms with Crippen LogP contribution < -0.4 is 13.8 Å². The second-order valence-corrected chi connectivity index (χ2v) is 12.6. The Labute approximate surface area is 246 Å². The number of hydrogen-bond donors (Lipinski definition) is 1. The average molecular weight is 631 g/mol. The fourth-order valence-corrected chi connectivity index (χ4v) is 7.22. The Hall–Kier alpha value is -2.64. The number of pyridine rings is 1. The standard InChI is InChI=1S/C26H29Cl2N3O7S2/c27-11-13-30(14-12-28)19-5-7-20(8-6-19)38-40(35,36)24(21-10-15-39-26(21)31(33)34)16-18-4-9-25(29-17-18)37-23-3-1-2-22(23)32/h4-10,15,17,22-24,32H,1-3,11-14,16H2/t22-,23+,24?/m0/s1. The Balaban J connectivity index is 1.56. The minimum atomic E-state index is -4.39. The summed E-state index contributed by atoms with van der Waals surface area (Å²) in [5.74, 6) is 1.18. The number of benzene rings is 1. The van der Waals surface area contributed by atoms with Crippen molar-refractivity contribution in [3.05, 3.63) is 75.3 Å². The Kier molecular flexibility index (Phi) is 10.5. The van der Waals surface area contributed by atoms with E-state index in [9.17, 15) is 23.6 Å². The van der Waals surface area contributed by atoms with E-state index >= 15 is 0 Å². The number of halogens is 2. The Bertz CT molecular complexity index is 1370. The largest absolute Gasteiger partial charge is 0.472 e. The van der Waals surface area contributed by atoms with Crippen molar-refractivity contribution in [2.45, 2.75) is 43.1 Å².